The number of nitrogens with zero attached hydrogens (tertiary/aromatic N) is 1. The van der Waals surface area contributed by atoms with Crippen LogP contribution in [0.15, 0.2) is 30.3 Å². The lowest BCUT2D eigenvalue weighted by atomic mass is 9.61. The molecule has 0 spiro atoms. The Bertz CT molecular complexity index is 492. The van der Waals surface area contributed by atoms with Crippen LogP contribution in [-0.4, -0.2) is 32.1 Å². The third-order valence-electron chi connectivity index (χ3n) is 6.57. The zero-order valence-corrected chi connectivity index (χ0v) is 15.4. The van der Waals surface area contributed by atoms with E-state index in [0.717, 1.165) is 19.6 Å². The van der Waals surface area contributed by atoms with Crippen LogP contribution < -0.4 is 0 Å². The highest BCUT2D eigenvalue weighted by atomic mass is 16.5. The molecule has 0 aromatic heterocycles. The van der Waals surface area contributed by atoms with E-state index >= 15 is 0 Å². The van der Waals surface area contributed by atoms with Crippen molar-refractivity contribution in [2.45, 2.75) is 46.6 Å². The number of ether oxygens (including phenoxy) is 1. The zero-order chi connectivity index (χ0) is 16.6. The van der Waals surface area contributed by atoms with Crippen molar-refractivity contribution in [3.05, 3.63) is 35.9 Å². The lowest BCUT2D eigenvalue weighted by Gasteiger charge is -2.48. The Hall–Kier alpha value is -0.860. The van der Waals surface area contributed by atoms with Crippen LogP contribution in [0.1, 0.15) is 46.6 Å². The van der Waals surface area contributed by atoms with Crippen LogP contribution in [0.4, 0.5) is 0 Å². The molecule has 0 saturated heterocycles. The van der Waals surface area contributed by atoms with Gasteiger partial charge in [0.05, 0.1) is 12.2 Å². The minimum Gasteiger partial charge on any atom is -0.368 e. The highest BCUT2D eigenvalue weighted by molar-refractivity contribution is 5.30. The van der Waals surface area contributed by atoms with Gasteiger partial charge in [0.2, 0.25) is 0 Å². The molecule has 1 saturated carbocycles. The maximum atomic E-state index is 6.67. The van der Waals surface area contributed by atoms with Crippen LogP contribution in [0.25, 0.3) is 0 Å². The molecule has 1 fully saturated rings. The van der Waals surface area contributed by atoms with E-state index in [4.69, 9.17) is 4.74 Å². The molecular formula is C20H33NO. The van der Waals surface area contributed by atoms with Gasteiger partial charge in [0.25, 0.3) is 0 Å². The summed E-state index contributed by atoms with van der Waals surface area (Å²) in [5.41, 5.74) is 1.44. The average molecular weight is 303 g/mol. The van der Waals surface area contributed by atoms with Crippen molar-refractivity contribution in [1.29, 1.82) is 0 Å². The van der Waals surface area contributed by atoms with Crippen LogP contribution in [0.2, 0.25) is 0 Å². The van der Waals surface area contributed by atoms with Crippen LogP contribution in [0, 0.1) is 16.7 Å². The van der Waals surface area contributed by atoms with E-state index < -0.39 is 0 Å². The van der Waals surface area contributed by atoms with Gasteiger partial charge in [-0.05, 0) is 37.4 Å². The second-order valence-corrected chi connectivity index (χ2v) is 8.30. The fraction of sp³-hybridized carbons (Fsp3) is 0.700. The lowest BCUT2D eigenvalue weighted by molar-refractivity contribution is -0.138. The molecule has 1 aromatic carbocycles. The molecule has 2 rings (SSSR count). The summed E-state index contributed by atoms with van der Waals surface area (Å²) in [4.78, 5) is 2.19. The van der Waals surface area contributed by atoms with Crippen LogP contribution in [0.5, 0.6) is 0 Å². The largest absolute Gasteiger partial charge is 0.368 e. The van der Waals surface area contributed by atoms with Gasteiger partial charge in [-0.25, -0.2) is 0 Å². The SMILES string of the molecule is C[C@@H]1C[C@](OCCN(C)C)(c2ccccc2)C(C)(C)C1(C)C. The van der Waals surface area contributed by atoms with Crippen molar-refractivity contribution < 1.29 is 4.74 Å². The summed E-state index contributed by atoms with van der Waals surface area (Å²) in [5, 5.41) is 0. The number of rotatable bonds is 5. The van der Waals surface area contributed by atoms with Gasteiger partial charge < -0.3 is 9.64 Å². The van der Waals surface area contributed by atoms with Crippen molar-refractivity contribution in [2.75, 3.05) is 27.2 Å². The van der Waals surface area contributed by atoms with Gasteiger partial charge in [-0.15, -0.1) is 0 Å². The molecule has 1 aliphatic rings. The Morgan fingerprint density at radius 3 is 2.14 bits per heavy atom. The number of hydrogen-bond donors (Lipinski definition) is 0. The first-order valence-electron chi connectivity index (χ1n) is 8.49. The molecule has 0 unspecified atom stereocenters. The second kappa shape index (κ2) is 5.98. The fourth-order valence-corrected chi connectivity index (χ4v) is 3.99. The van der Waals surface area contributed by atoms with Crippen molar-refractivity contribution in [1.82, 2.24) is 4.90 Å². The normalized spacial score (nSPS) is 29.9. The molecule has 2 atom stereocenters. The molecule has 124 valence electrons. The lowest BCUT2D eigenvalue weighted by Crippen LogP contribution is -2.46. The van der Waals surface area contributed by atoms with E-state index in [9.17, 15) is 0 Å². The standard InChI is InChI=1S/C20H33NO/c1-16-15-20(22-14-13-21(6)7,17-11-9-8-10-12-17)19(4,5)18(16,2)3/h8-12,16H,13-15H2,1-7H3/t16-,20+/m1/s1. The highest BCUT2D eigenvalue weighted by Crippen LogP contribution is 2.66. The number of hydrogen-bond acceptors (Lipinski definition) is 2. The number of likely N-dealkylation sites (N-methyl/N-ethyl adjacent to an activating group) is 1. The summed E-state index contributed by atoms with van der Waals surface area (Å²) in [7, 11) is 4.20. The average Bonchev–Trinajstić information content (AvgIpc) is 2.58. The molecule has 0 aliphatic heterocycles. The third-order valence-corrected chi connectivity index (χ3v) is 6.57. The Morgan fingerprint density at radius 1 is 1.09 bits per heavy atom. The van der Waals surface area contributed by atoms with Gasteiger partial charge in [-0.1, -0.05) is 65.0 Å². The van der Waals surface area contributed by atoms with Gasteiger partial charge in [-0.2, -0.15) is 0 Å². The predicted molar refractivity (Wildman–Crippen MR) is 94.0 cm³/mol. The molecular weight excluding hydrogens is 270 g/mol. The quantitative estimate of drug-likeness (QED) is 0.791. The molecule has 22 heavy (non-hydrogen) atoms. The van der Waals surface area contributed by atoms with Crippen molar-refractivity contribution >= 4 is 0 Å². The first-order valence-corrected chi connectivity index (χ1v) is 8.49. The van der Waals surface area contributed by atoms with Crippen molar-refractivity contribution in [3.8, 4) is 0 Å². The minimum atomic E-state index is -0.201. The monoisotopic (exact) mass is 303 g/mol. The number of benzene rings is 1. The third kappa shape index (κ3) is 2.61. The van der Waals surface area contributed by atoms with E-state index in [0.29, 0.717) is 5.92 Å². The molecule has 0 bridgehead atoms. The highest BCUT2D eigenvalue weighted by Gasteiger charge is 2.63. The molecule has 0 heterocycles. The molecule has 0 N–H and O–H groups in total. The van der Waals surface area contributed by atoms with E-state index in [2.05, 4.69) is 83.9 Å². The zero-order valence-electron chi connectivity index (χ0n) is 15.4. The smallest absolute Gasteiger partial charge is 0.0990 e. The molecule has 0 radical (unpaired) electrons. The first-order chi connectivity index (χ1) is 10.1. The molecule has 2 heteroatoms. The summed E-state index contributed by atoms with van der Waals surface area (Å²) in [6, 6.07) is 10.8. The topological polar surface area (TPSA) is 12.5 Å². The summed E-state index contributed by atoms with van der Waals surface area (Å²) in [5.74, 6) is 0.627. The maximum Gasteiger partial charge on any atom is 0.0990 e. The predicted octanol–water partition coefficient (Wildman–Crippen LogP) is 4.55. The van der Waals surface area contributed by atoms with Gasteiger partial charge in [0.1, 0.15) is 0 Å². The van der Waals surface area contributed by atoms with E-state index in [-0.39, 0.29) is 16.4 Å². The van der Waals surface area contributed by atoms with Crippen LogP contribution in [-0.2, 0) is 10.3 Å². The Labute approximate surface area is 136 Å². The first kappa shape index (κ1) is 17.5. The molecule has 1 aliphatic carbocycles. The molecule has 1 aromatic rings. The Morgan fingerprint density at radius 2 is 1.68 bits per heavy atom. The molecule has 0 amide bonds. The van der Waals surface area contributed by atoms with Crippen LogP contribution >= 0.6 is 0 Å². The fourth-order valence-electron chi connectivity index (χ4n) is 3.99. The van der Waals surface area contributed by atoms with Crippen molar-refractivity contribution in [3.63, 3.8) is 0 Å². The van der Waals surface area contributed by atoms with E-state index in [1.54, 1.807) is 0 Å². The molecule has 2 nitrogen and oxygen atoms in total. The van der Waals surface area contributed by atoms with Gasteiger partial charge >= 0.3 is 0 Å². The maximum absolute atomic E-state index is 6.67. The second-order valence-electron chi connectivity index (χ2n) is 8.30. The Kier molecular flexibility index (Phi) is 4.75. The minimum absolute atomic E-state index is 0.0765. The summed E-state index contributed by atoms with van der Waals surface area (Å²) in [6.45, 7) is 13.7. The van der Waals surface area contributed by atoms with Gasteiger partial charge in [-0.3, -0.25) is 0 Å². The summed E-state index contributed by atoms with van der Waals surface area (Å²) < 4.78 is 6.67. The Balaban J connectivity index is 2.43. The van der Waals surface area contributed by atoms with Crippen molar-refractivity contribution in [2.24, 2.45) is 16.7 Å². The van der Waals surface area contributed by atoms with Gasteiger partial charge in [0.15, 0.2) is 0 Å². The van der Waals surface area contributed by atoms with Gasteiger partial charge in [0, 0.05) is 12.0 Å². The van der Waals surface area contributed by atoms with E-state index in [1.807, 2.05) is 0 Å². The summed E-state index contributed by atoms with van der Waals surface area (Å²) in [6.07, 6.45) is 1.09. The summed E-state index contributed by atoms with van der Waals surface area (Å²) >= 11 is 0. The van der Waals surface area contributed by atoms with Crippen LogP contribution in [0.3, 0.4) is 0 Å². The van der Waals surface area contributed by atoms with E-state index in [1.165, 1.54) is 5.56 Å².